The molecule has 0 aliphatic carbocycles. The van der Waals surface area contributed by atoms with E-state index in [1.807, 2.05) is 26.0 Å². The molecular formula is C17H18O5. The number of carbonyl (C=O) groups is 1. The van der Waals surface area contributed by atoms with E-state index in [9.17, 15) is 9.59 Å². The normalized spacial score (nSPS) is 17.8. The summed E-state index contributed by atoms with van der Waals surface area (Å²) in [6.07, 6.45) is 1.08. The quantitative estimate of drug-likeness (QED) is 0.644. The Labute approximate surface area is 127 Å². The van der Waals surface area contributed by atoms with Crippen LogP contribution in [0.25, 0.3) is 11.0 Å². The van der Waals surface area contributed by atoms with Gasteiger partial charge in [0.2, 0.25) is 0 Å². The van der Waals surface area contributed by atoms with Gasteiger partial charge in [0.25, 0.3) is 0 Å². The van der Waals surface area contributed by atoms with Gasteiger partial charge < -0.3 is 13.9 Å². The first-order chi connectivity index (χ1) is 10.6. The maximum atomic E-state index is 11.9. The lowest BCUT2D eigenvalue weighted by atomic mass is 10.0. The van der Waals surface area contributed by atoms with Gasteiger partial charge in [-0.2, -0.15) is 0 Å². The van der Waals surface area contributed by atoms with Crippen molar-refractivity contribution in [1.29, 1.82) is 0 Å². The van der Waals surface area contributed by atoms with E-state index in [-0.39, 0.29) is 12.6 Å². The molecule has 0 radical (unpaired) electrons. The minimum Gasteiger partial charge on any atom is -0.459 e. The van der Waals surface area contributed by atoms with Crippen molar-refractivity contribution in [3.63, 3.8) is 0 Å². The number of carbonyl (C=O) groups excluding carboxylic acids is 1. The zero-order valence-electron chi connectivity index (χ0n) is 12.7. The number of hydrogen-bond donors (Lipinski definition) is 0. The minimum atomic E-state index is -0.477. The standard InChI is InChI=1S/C17H18O5/c1-10-5-6-13-12(8-15(18)22-16(13)11(10)2)9-21-17(19)14-4-3-7-20-14/h5-6,8,14H,3-4,7,9H2,1-2H3. The SMILES string of the molecule is Cc1ccc2c(COC(=O)C3CCCO3)cc(=O)oc2c1C. The van der Waals surface area contributed by atoms with Crippen molar-refractivity contribution < 1.29 is 18.7 Å². The van der Waals surface area contributed by atoms with E-state index in [1.54, 1.807) is 0 Å². The van der Waals surface area contributed by atoms with Gasteiger partial charge in [0.1, 0.15) is 12.2 Å². The molecule has 1 aliphatic heterocycles. The maximum Gasteiger partial charge on any atom is 0.336 e. The second-order valence-electron chi connectivity index (χ2n) is 5.58. The van der Waals surface area contributed by atoms with Crippen molar-refractivity contribution in [3.8, 4) is 0 Å². The monoisotopic (exact) mass is 302 g/mol. The third-order valence-electron chi connectivity index (χ3n) is 4.08. The molecule has 1 unspecified atom stereocenters. The highest BCUT2D eigenvalue weighted by atomic mass is 16.6. The number of aryl methyl sites for hydroxylation is 2. The molecule has 0 N–H and O–H groups in total. The molecule has 0 amide bonds. The van der Waals surface area contributed by atoms with Gasteiger partial charge in [-0.1, -0.05) is 12.1 Å². The van der Waals surface area contributed by atoms with Gasteiger partial charge in [0.05, 0.1) is 0 Å². The lowest BCUT2D eigenvalue weighted by Gasteiger charge is -2.12. The molecule has 1 aromatic carbocycles. The highest BCUT2D eigenvalue weighted by molar-refractivity contribution is 5.84. The van der Waals surface area contributed by atoms with E-state index in [0.717, 1.165) is 22.9 Å². The van der Waals surface area contributed by atoms with Crippen LogP contribution >= 0.6 is 0 Å². The summed E-state index contributed by atoms with van der Waals surface area (Å²) in [5.41, 5.74) is 2.73. The van der Waals surface area contributed by atoms with Crippen LogP contribution in [0.1, 0.15) is 29.5 Å². The van der Waals surface area contributed by atoms with Crippen LogP contribution < -0.4 is 5.63 Å². The second kappa shape index (κ2) is 5.93. The Morgan fingerprint density at radius 3 is 2.91 bits per heavy atom. The first-order valence-corrected chi connectivity index (χ1v) is 7.37. The van der Waals surface area contributed by atoms with Gasteiger partial charge in [0, 0.05) is 23.6 Å². The summed E-state index contributed by atoms with van der Waals surface area (Å²) in [7, 11) is 0. The number of ether oxygens (including phenoxy) is 2. The topological polar surface area (TPSA) is 65.7 Å². The van der Waals surface area contributed by atoms with Crippen molar-refractivity contribution in [3.05, 3.63) is 45.3 Å². The predicted octanol–water partition coefficient (Wildman–Crippen LogP) is 2.63. The molecule has 22 heavy (non-hydrogen) atoms. The third kappa shape index (κ3) is 2.76. The van der Waals surface area contributed by atoms with Crippen LogP contribution in [-0.4, -0.2) is 18.7 Å². The number of benzene rings is 1. The molecule has 5 heteroatoms. The Balaban J connectivity index is 1.88. The van der Waals surface area contributed by atoms with E-state index in [1.165, 1.54) is 6.07 Å². The maximum absolute atomic E-state index is 11.9. The Bertz CT molecular complexity index is 768. The lowest BCUT2D eigenvalue weighted by molar-refractivity contribution is -0.155. The summed E-state index contributed by atoms with van der Waals surface area (Å²) in [6, 6.07) is 5.22. The summed E-state index contributed by atoms with van der Waals surface area (Å²) >= 11 is 0. The minimum absolute atomic E-state index is 0.0449. The van der Waals surface area contributed by atoms with Crippen molar-refractivity contribution >= 4 is 16.9 Å². The van der Waals surface area contributed by atoms with Gasteiger partial charge >= 0.3 is 11.6 Å². The highest BCUT2D eigenvalue weighted by Gasteiger charge is 2.25. The molecule has 1 fully saturated rings. The van der Waals surface area contributed by atoms with E-state index < -0.39 is 11.7 Å². The zero-order valence-corrected chi connectivity index (χ0v) is 12.7. The second-order valence-corrected chi connectivity index (χ2v) is 5.58. The van der Waals surface area contributed by atoms with Gasteiger partial charge in [0.15, 0.2) is 6.10 Å². The number of esters is 1. The molecule has 3 rings (SSSR count). The Hall–Kier alpha value is -2.14. The number of fused-ring (bicyclic) bond motifs is 1. The first kappa shape index (κ1) is 14.8. The molecule has 2 aromatic rings. The van der Waals surface area contributed by atoms with E-state index in [0.29, 0.717) is 24.2 Å². The van der Waals surface area contributed by atoms with Crippen LogP contribution in [0.4, 0.5) is 0 Å². The molecule has 0 bridgehead atoms. The molecule has 5 nitrogen and oxygen atoms in total. The average Bonchev–Trinajstić information content (AvgIpc) is 3.03. The number of rotatable bonds is 3. The predicted molar refractivity (Wildman–Crippen MR) is 80.7 cm³/mol. The molecule has 2 heterocycles. The number of hydrogen-bond acceptors (Lipinski definition) is 5. The molecule has 1 saturated heterocycles. The molecule has 0 saturated carbocycles. The molecule has 1 aromatic heterocycles. The van der Waals surface area contributed by atoms with Crippen LogP contribution in [0, 0.1) is 13.8 Å². The van der Waals surface area contributed by atoms with Gasteiger partial charge in [-0.25, -0.2) is 9.59 Å². The fourth-order valence-corrected chi connectivity index (χ4v) is 2.65. The summed E-state index contributed by atoms with van der Waals surface area (Å²) < 4.78 is 15.9. The smallest absolute Gasteiger partial charge is 0.336 e. The van der Waals surface area contributed by atoms with Gasteiger partial charge in [-0.05, 0) is 37.8 Å². The van der Waals surface area contributed by atoms with Crippen LogP contribution in [0.3, 0.4) is 0 Å². The van der Waals surface area contributed by atoms with E-state index in [4.69, 9.17) is 13.9 Å². The van der Waals surface area contributed by atoms with Crippen LogP contribution in [0.15, 0.2) is 27.4 Å². The first-order valence-electron chi connectivity index (χ1n) is 7.37. The Kier molecular flexibility index (Phi) is 3.98. The van der Waals surface area contributed by atoms with Crippen molar-refractivity contribution in [2.45, 2.75) is 39.4 Å². The molecular weight excluding hydrogens is 284 g/mol. The fraction of sp³-hybridized carbons (Fsp3) is 0.412. The van der Waals surface area contributed by atoms with Crippen LogP contribution in [0.5, 0.6) is 0 Å². The van der Waals surface area contributed by atoms with Crippen LogP contribution in [0.2, 0.25) is 0 Å². The molecule has 1 aliphatic rings. The van der Waals surface area contributed by atoms with Crippen molar-refractivity contribution in [2.24, 2.45) is 0 Å². The molecule has 116 valence electrons. The summed E-state index contributed by atoms with van der Waals surface area (Å²) in [5, 5.41) is 0.794. The van der Waals surface area contributed by atoms with Crippen molar-refractivity contribution in [1.82, 2.24) is 0 Å². The molecule has 0 spiro atoms. The Morgan fingerprint density at radius 1 is 1.36 bits per heavy atom. The summed E-state index contributed by atoms with van der Waals surface area (Å²) in [5.74, 6) is -0.372. The Morgan fingerprint density at radius 2 is 2.18 bits per heavy atom. The zero-order chi connectivity index (χ0) is 15.7. The van der Waals surface area contributed by atoms with Crippen LogP contribution in [-0.2, 0) is 20.9 Å². The van der Waals surface area contributed by atoms with Gasteiger partial charge in [-0.15, -0.1) is 0 Å². The largest absolute Gasteiger partial charge is 0.459 e. The highest BCUT2D eigenvalue weighted by Crippen LogP contribution is 2.24. The van der Waals surface area contributed by atoms with E-state index >= 15 is 0 Å². The average molecular weight is 302 g/mol. The third-order valence-corrected chi connectivity index (χ3v) is 4.08. The summed E-state index contributed by atoms with van der Waals surface area (Å²) in [6.45, 7) is 4.50. The van der Waals surface area contributed by atoms with Gasteiger partial charge in [-0.3, -0.25) is 0 Å². The van der Waals surface area contributed by atoms with Crippen molar-refractivity contribution in [2.75, 3.05) is 6.61 Å². The lowest BCUT2D eigenvalue weighted by Crippen LogP contribution is -2.22. The fourth-order valence-electron chi connectivity index (χ4n) is 2.65. The summed E-state index contributed by atoms with van der Waals surface area (Å²) in [4.78, 5) is 23.6. The van der Waals surface area contributed by atoms with E-state index in [2.05, 4.69) is 0 Å². The molecule has 1 atom stereocenters.